The summed E-state index contributed by atoms with van der Waals surface area (Å²) in [5.41, 5.74) is 1.48. The van der Waals surface area contributed by atoms with Crippen LogP contribution in [0.4, 0.5) is 0 Å². The Morgan fingerprint density at radius 2 is 2.29 bits per heavy atom. The molecule has 0 radical (unpaired) electrons. The second-order valence-electron chi connectivity index (χ2n) is 3.70. The zero-order valence-corrected chi connectivity index (χ0v) is 9.75. The van der Waals surface area contributed by atoms with Crippen LogP contribution >= 0.6 is 0 Å². The minimum atomic E-state index is 0.294. The molecule has 0 N–H and O–H groups in total. The smallest absolute Gasteiger partial charge is 0.164 e. The predicted molar refractivity (Wildman–Crippen MR) is 61.9 cm³/mol. The van der Waals surface area contributed by atoms with E-state index in [1.807, 2.05) is 19.1 Å². The molecule has 0 fully saturated rings. The summed E-state index contributed by atoms with van der Waals surface area (Å²) in [5.74, 6) is 1.32. The monoisotopic (exact) mass is 231 g/mol. The van der Waals surface area contributed by atoms with E-state index in [1.165, 1.54) is 6.33 Å². The number of carbonyl (C=O) groups excluding carboxylic acids is 1. The summed E-state index contributed by atoms with van der Waals surface area (Å²) in [7, 11) is 1.80. The first-order chi connectivity index (χ1) is 8.22. The molecule has 0 amide bonds. The van der Waals surface area contributed by atoms with Crippen molar-refractivity contribution in [3.63, 3.8) is 0 Å². The largest absolute Gasteiger partial charge is 0.485 e. The molecule has 5 heteroatoms. The number of rotatable bonds is 4. The van der Waals surface area contributed by atoms with E-state index < -0.39 is 0 Å². The van der Waals surface area contributed by atoms with Crippen LogP contribution in [0.5, 0.6) is 5.75 Å². The van der Waals surface area contributed by atoms with Crippen molar-refractivity contribution in [3.8, 4) is 5.75 Å². The van der Waals surface area contributed by atoms with Gasteiger partial charge in [0.15, 0.2) is 12.1 Å². The van der Waals surface area contributed by atoms with Crippen LogP contribution in [0, 0.1) is 6.92 Å². The summed E-state index contributed by atoms with van der Waals surface area (Å²) in [6.07, 6.45) is 2.26. The fraction of sp³-hybridized carbons (Fsp3) is 0.250. The van der Waals surface area contributed by atoms with E-state index >= 15 is 0 Å². The molecule has 0 saturated carbocycles. The van der Waals surface area contributed by atoms with Gasteiger partial charge in [-0.25, -0.2) is 4.98 Å². The molecule has 1 aromatic heterocycles. The van der Waals surface area contributed by atoms with Crippen molar-refractivity contribution in [2.75, 3.05) is 0 Å². The van der Waals surface area contributed by atoms with E-state index in [1.54, 1.807) is 17.8 Å². The van der Waals surface area contributed by atoms with Gasteiger partial charge in [0.05, 0.1) is 5.56 Å². The molecule has 2 aromatic rings. The van der Waals surface area contributed by atoms with Gasteiger partial charge in [0.1, 0.15) is 18.7 Å². The molecule has 17 heavy (non-hydrogen) atoms. The highest BCUT2D eigenvalue weighted by molar-refractivity contribution is 5.80. The molecule has 1 heterocycles. The Labute approximate surface area is 99.1 Å². The summed E-state index contributed by atoms with van der Waals surface area (Å²) in [4.78, 5) is 14.9. The molecule has 0 unspecified atom stereocenters. The van der Waals surface area contributed by atoms with Crippen LogP contribution in [-0.2, 0) is 13.7 Å². The van der Waals surface area contributed by atoms with Crippen molar-refractivity contribution in [2.24, 2.45) is 7.05 Å². The van der Waals surface area contributed by atoms with Gasteiger partial charge in [-0.1, -0.05) is 12.1 Å². The summed E-state index contributed by atoms with van der Waals surface area (Å²) in [6, 6.07) is 5.46. The van der Waals surface area contributed by atoms with Crippen molar-refractivity contribution < 1.29 is 9.53 Å². The van der Waals surface area contributed by atoms with Gasteiger partial charge in [0.2, 0.25) is 0 Å². The second kappa shape index (κ2) is 4.78. The molecule has 2 rings (SSSR count). The van der Waals surface area contributed by atoms with Gasteiger partial charge in [0, 0.05) is 7.05 Å². The molecule has 0 aliphatic rings. The highest BCUT2D eigenvalue weighted by Crippen LogP contribution is 2.22. The van der Waals surface area contributed by atoms with E-state index in [0.717, 1.165) is 11.8 Å². The van der Waals surface area contributed by atoms with Gasteiger partial charge >= 0.3 is 0 Å². The maximum absolute atomic E-state index is 10.9. The predicted octanol–water partition coefficient (Wildman–Crippen LogP) is 1.52. The third-order valence-corrected chi connectivity index (χ3v) is 2.52. The number of aromatic nitrogens is 3. The van der Waals surface area contributed by atoms with Crippen molar-refractivity contribution in [3.05, 3.63) is 41.5 Å². The summed E-state index contributed by atoms with van der Waals surface area (Å²) >= 11 is 0. The average Bonchev–Trinajstić information content (AvgIpc) is 2.73. The maximum Gasteiger partial charge on any atom is 0.164 e. The van der Waals surface area contributed by atoms with E-state index in [0.29, 0.717) is 23.7 Å². The number of ether oxygens (including phenoxy) is 1. The van der Waals surface area contributed by atoms with E-state index in [9.17, 15) is 4.79 Å². The van der Waals surface area contributed by atoms with E-state index in [4.69, 9.17) is 4.74 Å². The Balaban J connectivity index is 2.19. The number of hydrogen-bond donors (Lipinski definition) is 0. The molecule has 0 spiro atoms. The van der Waals surface area contributed by atoms with Gasteiger partial charge in [-0.3, -0.25) is 9.48 Å². The highest BCUT2D eigenvalue weighted by Gasteiger charge is 2.08. The van der Waals surface area contributed by atoms with Crippen molar-refractivity contribution in [1.29, 1.82) is 0 Å². The summed E-state index contributed by atoms with van der Waals surface area (Å²) in [5, 5.41) is 3.95. The van der Waals surface area contributed by atoms with Crippen LogP contribution in [-0.4, -0.2) is 21.1 Å². The van der Waals surface area contributed by atoms with Gasteiger partial charge in [-0.2, -0.15) is 5.10 Å². The lowest BCUT2D eigenvalue weighted by Crippen LogP contribution is -2.06. The van der Waals surface area contributed by atoms with Gasteiger partial charge in [-0.05, 0) is 18.6 Å². The third-order valence-electron chi connectivity index (χ3n) is 2.52. The standard InChI is InChI=1S/C12H13N3O2/c1-9-4-3-5-10(6-16)12(9)17-7-11-13-8-14-15(11)2/h3-6,8H,7H2,1-2H3. The SMILES string of the molecule is Cc1cccc(C=O)c1OCc1ncnn1C. The molecule has 0 aliphatic carbocycles. The number of aryl methyl sites for hydroxylation is 2. The lowest BCUT2D eigenvalue weighted by Gasteiger charge is -2.10. The van der Waals surface area contributed by atoms with Crippen molar-refractivity contribution in [2.45, 2.75) is 13.5 Å². The Morgan fingerprint density at radius 3 is 2.94 bits per heavy atom. The van der Waals surface area contributed by atoms with E-state index in [-0.39, 0.29) is 0 Å². The zero-order chi connectivity index (χ0) is 12.3. The first-order valence-corrected chi connectivity index (χ1v) is 5.23. The molecule has 0 aliphatic heterocycles. The number of aldehydes is 1. The zero-order valence-electron chi connectivity index (χ0n) is 9.75. The number of nitrogens with zero attached hydrogens (tertiary/aromatic N) is 3. The van der Waals surface area contributed by atoms with Crippen LogP contribution in [0.25, 0.3) is 0 Å². The first kappa shape index (κ1) is 11.3. The second-order valence-corrected chi connectivity index (χ2v) is 3.70. The molecule has 5 nitrogen and oxygen atoms in total. The molecule has 0 bridgehead atoms. The topological polar surface area (TPSA) is 57.0 Å². The quantitative estimate of drug-likeness (QED) is 0.748. The Hall–Kier alpha value is -2.17. The number of benzene rings is 1. The molecule has 88 valence electrons. The Bertz CT molecular complexity index is 534. The number of carbonyl (C=O) groups is 1. The number of hydrogen-bond acceptors (Lipinski definition) is 4. The van der Waals surface area contributed by atoms with Crippen LogP contribution in [0.15, 0.2) is 24.5 Å². The average molecular weight is 231 g/mol. The summed E-state index contributed by atoms with van der Waals surface area (Å²) in [6.45, 7) is 2.20. The maximum atomic E-state index is 10.9. The van der Waals surface area contributed by atoms with Gasteiger partial charge < -0.3 is 4.74 Å². The number of para-hydroxylation sites is 1. The normalized spacial score (nSPS) is 10.2. The minimum Gasteiger partial charge on any atom is -0.485 e. The lowest BCUT2D eigenvalue weighted by atomic mass is 10.1. The van der Waals surface area contributed by atoms with Crippen LogP contribution in [0.2, 0.25) is 0 Å². The van der Waals surface area contributed by atoms with Gasteiger partial charge in [-0.15, -0.1) is 0 Å². The molecule has 0 saturated heterocycles. The van der Waals surface area contributed by atoms with Crippen molar-refractivity contribution >= 4 is 6.29 Å². The van der Waals surface area contributed by atoms with Crippen molar-refractivity contribution in [1.82, 2.24) is 14.8 Å². The Kier molecular flexibility index (Phi) is 3.18. The van der Waals surface area contributed by atoms with Crippen LogP contribution < -0.4 is 4.74 Å². The summed E-state index contributed by atoms with van der Waals surface area (Å²) < 4.78 is 7.27. The fourth-order valence-corrected chi connectivity index (χ4v) is 1.55. The minimum absolute atomic E-state index is 0.294. The van der Waals surface area contributed by atoms with Crippen LogP contribution in [0.3, 0.4) is 0 Å². The Morgan fingerprint density at radius 1 is 1.47 bits per heavy atom. The fourth-order valence-electron chi connectivity index (χ4n) is 1.55. The molecular formula is C12H13N3O2. The van der Waals surface area contributed by atoms with Crippen LogP contribution in [0.1, 0.15) is 21.7 Å². The lowest BCUT2D eigenvalue weighted by molar-refractivity contribution is 0.111. The van der Waals surface area contributed by atoms with E-state index in [2.05, 4.69) is 10.1 Å². The first-order valence-electron chi connectivity index (χ1n) is 5.23. The molecule has 1 aromatic carbocycles. The third kappa shape index (κ3) is 2.33. The molecular weight excluding hydrogens is 218 g/mol. The molecule has 0 atom stereocenters. The van der Waals surface area contributed by atoms with Gasteiger partial charge in [0.25, 0.3) is 0 Å². The highest BCUT2D eigenvalue weighted by atomic mass is 16.5.